The Hall–Kier alpha value is -0.990. The summed E-state index contributed by atoms with van der Waals surface area (Å²) < 4.78 is 5.65. The second-order valence-corrected chi connectivity index (χ2v) is 4.50. The molecule has 0 bridgehead atoms. The molecule has 0 aliphatic carbocycles. The molecule has 0 aliphatic rings. The Bertz CT molecular complexity index is 382. The summed E-state index contributed by atoms with van der Waals surface area (Å²) in [5.74, 6) is 0.803. The Labute approximate surface area is 102 Å². The predicted octanol–water partition coefficient (Wildman–Crippen LogP) is 3.70. The number of ether oxygens (including phenoxy) is 1. The third kappa shape index (κ3) is 3.87. The molecule has 0 aliphatic heterocycles. The molecule has 3 heteroatoms. The van der Waals surface area contributed by atoms with Crippen molar-refractivity contribution in [2.75, 3.05) is 6.61 Å². The van der Waals surface area contributed by atoms with Crippen LogP contribution in [0.2, 0.25) is 5.02 Å². The molecule has 0 saturated carbocycles. The van der Waals surface area contributed by atoms with Gasteiger partial charge < -0.3 is 10.5 Å². The topological polar surface area (TPSA) is 35.2 Å². The molecule has 0 saturated heterocycles. The highest BCUT2D eigenvalue weighted by Crippen LogP contribution is 2.27. The van der Waals surface area contributed by atoms with E-state index >= 15 is 0 Å². The maximum atomic E-state index is 5.92. The molecular weight excluding hydrogens is 222 g/mol. The van der Waals surface area contributed by atoms with E-state index in [9.17, 15) is 0 Å². The van der Waals surface area contributed by atoms with Gasteiger partial charge in [-0.2, -0.15) is 0 Å². The molecule has 1 aromatic carbocycles. The number of halogens is 1. The smallest absolute Gasteiger partial charge is 0.124 e. The van der Waals surface area contributed by atoms with Gasteiger partial charge in [0.25, 0.3) is 0 Å². The predicted molar refractivity (Wildman–Crippen MR) is 69.0 cm³/mol. The fraction of sp³-hybridized carbons (Fsp3) is 0.385. The lowest BCUT2D eigenvalue weighted by atomic mass is 10.1. The van der Waals surface area contributed by atoms with E-state index < -0.39 is 0 Å². The Kier molecular flexibility index (Phi) is 4.84. The van der Waals surface area contributed by atoms with Gasteiger partial charge in [-0.1, -0.05) is 17.2 Å². The van der Waals surface area contributed by atoms with Gasteiger partial charge in [0.1, 0.15) is 12.4 Å². The third-order valence-electron chi connectivity index (χ3n) is 2.19. The molecule has 1 aromatic rings. The van der Waals surface area contributed by atoms with Crippen LogP contribution in [0.4, 0.5) is 0 Å². The van der Waals surface area contributed by atoms with E-state index in [0.717, 1.165) is 11.3 Å². The van der Waals surface area contributed by atoms with Gasteiger partial charge in [0, 0.05) is 16.6 Å². The minimum absolute atomic E-state index is 0.0830. The molecule has 2 nitrogen and oxygen atoms in total. The van der Waals surface area contributed by atoms with Crippen molar-refractivity contribution in [1.29, 1.82) is 0 Å². The van der Waals surface area contributed by atoms with E-state index in [-0.39, 0.29) is 6.04 Å². The van der Waals surface area contributed by atoms with Crippen LogP contribution < -0.4 is 10.5 Å². The molecule has 0 aromatic heterocycles. The Morgan fingerprint density at radius 3 is 2.75 bits per heavy atom. The molecule has 0 spiro atoms. The quantitative estimate of drug-likeness (QED) is 0.813. The van der Waals surface area contributed by atoms with Gasteiger partial charge in [-0.05, 0) is 45.0 Å². The van der Waals surface area contributed by atoms with E-state index in [1.54, 1.807) is 0 Å². The maximum absolute atomic E-state index is 5.92. The van der Waals surface area contributed by atoms with Crippen LogP contribution >= 0.6 is 11.6 Å². The highest BCUT2D eigenvalue weighted by molar-refractivity contribution is 6.30. The zero-order valence-electron chi connectivity index (χ0n) is 9.96. The Morgan fingerprint density at radius 2 is 2.19 bits per heavy atom. The van der Waals surface area contributed by atoms with E-state index in [4.69, 9.17) is 22.1 Å². The molecule has 2 N–H and O–H groups in total. The third-order valence-corrected chi connectivity index (χ3v) is 2.43. The maximum Gasteiger partial charge on any atom is 0.124 e. The van der Waals surface area contributed by atoms with Crippen molar-refractivity contribution in [3.8, 4) is 5.75 Å². The molecule has 1 rings (SSSR count). The SMILES string of the molecule is CC(C)=CCOc1ccc(Cl)cc1[C@@H](C)N. The standard InChI is InChI=1S/C13H18ClNO/c1-9(2)6-7-16-13-5-4-11(14)8-12(13)10(3)15/h4-6,8,10H,7,15H2,1-3H3/t10-/m1/s1. The first-order valence-electron chi connectivity index (χ1n) is 5.32. The van der Waals surface area contributed by atoms with Crippen LogP contribution in [0.5, 0.6) is 5.75 Å². The summed E-state index contributed by atoms with van der Waals surface area (Å²) >= 11 is 5.92. The molecular formula is C13H18ClNO. The lowest BCUT2D eigenvalue weighted by Gasteiger charge is -2.13. The molecule has 16 heavy (non-hydrogen) atoms. The fourth-order valence-corrected chi connectivity index (χ4v) is 1.49. The summed E-state index contributed by atoms with van der Waals surface area (Å²) in [6, 6.07) is 5.44. The second kappa shape index (κ2) is 5.92. The number of hydrogen-bond acceptors (Lipinski definition) is 2. The Balaban J connectivity index is 2.82. The summed E-state index contributed by atoms with van der Waals surface area (Å²) in [5.41, 5.74) is 8.03. The van der Waals surface area contributed by atoms with Gasteiger partial charge in [0.2, 0.25) is 0 Å². The lowest BCUT2D eigenvalue weighted by Crippen LogP contribution is -2.08. The van der Waals surface area contributed by atoms with Crippen LogP contribution in [0.25, 0.3) is 0 Å². The normalized spacial score (nSPS) is 12.1. The number of benzene rings is 1. The number of allylic oxidation sites excluding steroid dienone is 1. The van der Waals surface area contributed by atoms with Gasteiger partial charge in [-0.3, -0.25) is 0 Å². The fourth-order valence-electron chi connectivity index (χ4n) is 1.30. The van der Waals surface area contributed by atoms with E-state index in [0.29, 0.717) is 11.6 Å². The molecule has 0 amide bonds. The van der Waals surface area contributed by atoms with Gasteiger partial charge in [0.05, 0.1) is 0 Å². The molecule has 0 unspecified atom stereocenters. The molecule has 88 valence electrons. The molecule has 1 atom stereocenters. The largest absolute Gasteiger partial charge is 0.489 e. The van der Waals surface area contributed by atoms with Gasteiger partial charge in [-0.15, -0.1) is 0 Å². The highest BCUT2D eigenvalue weighted by Gasteiger charge is 2.08. The van der Waals surface area contributed by atoms with Gasteiger partial charge in [0.15, 0.2) is 0 Å². The minimum atomic E-state index is -0.0830. The summed E-state index contributed by atoms with van der Waals surface area (Å²) in [6.07, 6.45) is 2.03. The van der Waals surface area contributed by atoms with Crippen molar-refractivity contribution < 1.29 is 4.74 Å². The highest BCUT2D eigenvalue weighted by atomic mass is 35.5. The summed E-state index contributed by atoms with van der Waals surface area (Å²) in [4.78, 5) is 0. The van der Waals surface area contributed by atoms with E-state index in [2.05, 4.69) is 0 Å². The molecule has 0 heterocycles. The average molecular weight is 240 g/mol. The first-order chi connectivity index (χ1) is 7.50. The number of rotatable bonds is 4. The van der Waals surface area contributed by atoms with Crippen molar-refractivity contribution in [3.05, 3.63) is 40.4 Å². The Morgan fingerprint density at radius 1 is 1.50 bits per heavy atom. The number of nitrogens with two attached hydrogens (primary N) is 1. The van der Waals surface area contributed by atoms with Crippen molar-refractivity contribution >= 4 is 11.6 Å². The van der Waals surface area contributed by atoms with Crippen LogP contribution in [0.3, 0.4) is 0 Å². The average Bonchev–Trinajstić information content (AvgIpc) is 2.19. The van der Waals surface area contributed by atoms with Crippen LogP contribution in [0.15, 0.2) is 29.8 Å². The summed E-state index contributed by atoms with van der Waals surface area (Å²) in [7, 11) is 0. The van der Waals surface area contributed by atoms with Crippen LogP contribution in [0, 0.1) is 0 Å². The first-order valence-corrected chi connectivity index (χ1v) is 5.69. The summed E-state index contributed by atoms with van der Waals surface area (Å²) in [6.45, 7) is 6.55. The van der Waals surface area contributed by atoms with E-state index in [1.165, 1.54) is 5.57 Å². The van der Waals surface area contributed by atoms with Gasteiger partial charge in [-0.25, -0.2) is 0 Å². The van der Waals surface area contributed by atoms with Crippen LogP contribution in [-0.4, -0.2) is 6.61 Å². The van der Waals surface area contributed by atoms with Crippen molar-refractivity contribution in [3.63, 3.8) is 0 Å². The van der Waals surface area contributed by atoms with Crippen molar-refractivity contribution in [2.24, 2.45) is 5.73 Å². The zero-order valence-corrected chi connectivity index (χ0v) is 10.7. The van der Waals surface area contributed by atoms with Gasteiger partial charge >= 0.3 is 0 Å². The zero-order chi connectivity index (χ0) is 12.1. The number of hydrogen-bond donors (Lipinski definition) is 1. The second-order valence-electron chi connectivity index (χ2n) is 4.06. The molecule has 0 fully saturated rings. The van der Waals surface area contributed by atoms with Crippen LogP contribution in [0.1, 0.15) is 32.4 Å². The first kappa shape index (κ1) is 13.1. The monoisotopic (exact) mass is 239 g/mol. The van der Waals surface area contributed by atoms with Crippen molar-refractivity contribution in [1.82, 2.24) is 0 Å². The van der Waals surface area contributed by atoms with Crippen molar-refractivity contribution in [2.45, 2.75) is 26.8 Å². The minimum Gasteiger partial charge on any atom is -0.489 e. The van der Waals surface area contributed by atoms with E-state index in [1.807, 2.05) is 45.0 Å². The molecule has 0 radical (unpaired) electrons. The summed E-state index contributed by atoms with van der Waals surface area (Å²) in [5, 5.41) is 0.682. The lowest BCUT2D eigenvalue weighted by molar-refractivity contribution is 0.356. The van der Waals surface area contributed by atoms with Crippen LogP contribution in [-0.2, 0) is 0 Å².